The van der Waals surface area contributed by atoms with Crippen molar-refractivity contribution in [2.45, 2.75) is 45.4 Å². The van der Waals surface area contributed by atoms with Crippen LogP contribution in [0.5, 0.6) is 0 Å². The molecule has 210 valence electrons. The number of carboxylic acids is 1. The van der Waals surface area contributed by atoms with Gasteiger partial charge in [0.05, 0.1) is 12.7 Å². The molecule has 8 nitrogen and oxygen atoms in total. The van der Waals surface area contributed by atoms with Gasteiger partial charge >= 0.3 is 12.1 Å². The monoisotopic (exact) mass is 544 g/mol. The van der Waals surface area contributed by atoms with Crippen LogP contribution in [0.15, 0.2) is 78.9 Å². The van der Waals surface area contributed by atoms with Crippen molar-refractivity contribution in [3.63, 3.8) is 0 Å². The first kappa shape index (κ1) is 28.8. The van der Waals surface area contributed by atoms with Crippen LogP contribution in [0.25, 0.3) is 11.1 Å². The maximum Gasteiger partial charge on any atom is 0.407 e. The van der Waals surface area contributed by atoms with Crippen molar-refractivity contribution in [1.29, 1.82) is 0 Å². The molecule has 2 unspecified atom stereocenters. The minimum Gasteiger partial charge on any atom is -0.480 e. The molecule has 3 aromatic rings. The number of hydrogen-bond acceptors (Lipinski definition) is 5. The Kier molecular flexibility index (Phi) is 9.56. The summed E-state index contributed by atoms with van der Waals surface area (Å²) in [6.45, 7) is 5.53. The summed E-state index contributed by atoms with van der Waals surface area (Å²) in [7, 11) is 0. The third-order valence-corrected chi connectivity index (χ3v) is 6.93. The molecule has 0 saturated carbocycles. The number of nitrogens with zero attached hydrogens (tertiary/aromatic N) is 1. The molecule has 0 spiro atoms. The summed E-state index contributed by atoms with van der Waals surface area (Å²) in [5.41, 5.74) is 5.29. The Morgan fingerprint density at radius 2 is 1.45 bits per heavy atom. The Hall–Kier alpha value is -4.17. The number of alkyl carbamates (subject to hydrolysis) is 1. The molecule has 3 aromatic carbocycles. The van der Waals surface area contributed by atoms with Gasteiger partial charge in [-0.15, -0.1) is 0 Å². The summed E-state index contributed by atoms with van der Waals surface area (Å²) < 4.78 is 11.7. The van der Waals surface area contributed by atoms with Crippen molar-refractivity contribution in [3.8, 4) is 11.1 Å². The van der Waals surface area contributed by atoms with Gasteiger partial charge in [-0.1, -0.05) is 92.7 Å². The Morgan fingerprint density at radius 3 is 2.02 bits per heavy atom. The lowest BCUT2D eigenvalue weighted by Crippen LogP contribution is -2.56. The number of fused-ring (bicyclic) bond motifs is 3. The van der Waals surface area contributed by atoms with Gasteiger partial charge in [-0.3, -0.25) is 9.59 Å². The first-order chi connectivity index (χ1) is 19.2. The summed E-state index contributed by atoms with van der Waals surface area (Å²) in [6.07, 6.45) is -1.52. The van der Waals surface area contributed by atoms with Crippen molar-refractivity contribution in [3.05, 3.63) is 95.6 Å². The minimum absolute atomic E-state index is 0.0268. The number of amides is 2. The largest absolute Gasteiger partial charge is 0.480 e. The van der Waals surface area contributed by atoms with Gasteiger partial charge in [0, 0.05) is 12.5 Å². The molecular formula is C32H36N2O6. The van der Waals surface area contributed by atoms with E-state index >= 15 is 0 Å². The second-order valence-corrected chi connectivity index (χ2v) is 10.5. The maximum atomic E-state index is 13.6. The molecule has 0 heterocycles. The number of rotatable bonds is 12. The van der Waals surface area contributed by atoms with Crippen LogP contribution in [-0.4, -0.2) is 59.8 Å². The van der Waals surface area contributed by atoms with Crippen molar-refractivity contribution in [2.24, 2.45) is 5.92 Å². The fourth-order valence-corrected chi connectivity index (χ4v) is 5.08. The molecule has 0 fully saturated rings. The third-order valence-electron chi connectivity index (χ3n) is 6.93. The fraction of sp³-hybridized carbons (Fsp3) is 0.344. The first-order valence-corrected chi connectivity index (χ1v) is 13.5. The van der Waals surface area contributed by atoms with Gasteiger partial charge in [0.25, 0.3) is 0 Å². The van der Waals surface area contributed by atoms with E-state index in [-0.39, 0.29) is 31.6 Å². The normalized spacial score (nSPS) is 13.7. The molecule has 8 heteroatoms. The Balaban J connectivity index is 1.49. The number of carboxylic acid groups (broad SMARTS) is 1. The van der Waals surface area contributed by atoms with Crippen molar-refractivity contribution < 1.29 is 29.0 Å². The highest BCUT2D eigenvalue weighted by molar-refractivity contribution is 5.88. The lowest BCUT2D eigenvalue weighted by atomic mass is 9.98. The highest BCUT2D eigenvalue weighted by Crippen LogP contribution is 2.44. The Morgan fingerprint density at radius 1 is 0.875 bits per heavy atom. The molecule has 0 aromatic heterocycles. The molecule has 0 saturated heterocycles. The zero-order valence-electron chi connectivity index (χ0n) is 23.1. The first-order valence-electron chi connectivity index (χ1n) is 13.5. The van der Waals surface area contributed by atoms with Gasteiger partial charge in [0.1, 0.15) is 19.2 Å². The number of nitrogens with one attached hydrogen (secondary N) is 1. The average Bonchev–Trinajstić information content (AvgIpc) is 3.26. The van der Waals surface area contributed by atoms with E-state index in [4.69, 9.17) is 9.47 Å². The van der Waals surface area contributed by atoms with Crippen LogP contribution in [0.3, 0.4) is 0 Å². The lowest BCUT2D eigenvalue weighted by Gasteiger charge is -2.31. The van der Waals surface area contributed by atoms with E-state index in [0.717, 1.165) is 27.8 Å². The van der Waals surface area contributed by atoms with Crippen molar-refractivity contribution in [2.75, 3.05) is 19.7 Å². The molecule has 0 bridgehead atoms. The average molecular weight is 545 g/mol. The number of benzene rings is 3. The highest BCUT2D eigenvalue weighted by Gasteiger charge is 2.34. The molecule has 1 aliphatic carbocycles. The van der Waals surface area contributed by atoms with E-state index in [0.29, 0.717) is 0 Å². The molecule has 2 N–H and O–H groups in total. The zero-order valence-corrected chi connectivity index (χ0v) is 23.1. The standard InChI is InChI=1S/C32H36N2O6/c1-21(2)17-34(18-29(35)36)31(37)30(22(3)39-19-23-11-5-4-6-12-23)33-32(38)40-20-28-26-15-9-7-13-24(26)25-14-8-10-16-27(25)28/h4-16,21-22,28,30H,17-20H2,1-3H3,(H,33,38)(H,35,36). The quantitative estimate of drug-likeness (QED) is 0.330. The summed E-state index contributed by atoms with van der Waals surface area (Å²) in [6, 6.07) is 24.4. The molecule has 2 amide bonds. The second-order valence-electron chi connectivity index (χ2n) is 10.5. The number of carbonyl (C=O) groups excluding carboxylic acids is 2. The summed E-state index contributed by atoms with van der Waals surface area (Å²) >= 11 is 0. The van der Waals surface area contributed by atoms with E-state index in [1.807, 2.05) is 80.6 Å². The molecule has 0 aliphatic heterocycles. The number of ether oxygens (including phenoxy) is 2. The fourth-order valence-electron chi connectivity index (χ4n) is 5.08. The molecule has 0 radical (unpaired) electrons. The Bertz CT molecular complexity index is 1280. The molecular weight excluding hydrogens is 508 g/mol. The van der Waals surface area contributed by atoms with Crippen LogP contribution in [0.4, 0.5) is 4.79 Å². The SMILES string of the molecule is CC(C)CN(CC(=O)O)C(=O)C(NC(=O)OCC1c2ccccc2-c2ccccc21)C(C)OCc1ccccc1. The predicted molar refractivity (Wildman–Crippen MR) is 152 cm³/mol. The van der Waals surface area contributed by atoms with Crippen LogP contribution in [0, 0.1) is 5.92 Å². The third kappa shape index (κ3) is 7.07. The van der Waals surface area contributed by atoms with E-state index in [2.05, 4.69) is 17.4 Å². The second kappa shape index (κ2) is 13.3. The smallest absolute Gasteiger partial charge is 0.407 e. The van der Waals surface area contributed by atoms with E-state index in [1.165, 1.54) is 4.90 Å². The molecule has 40 heavy (non-hydrogen) atoms. The number of hydrogen-bond donors (Lipinski definition) is 2. The summed E-state index contributed by atoms with van der Waals surface area (Å²) in [4.78, 5) is 39.5. The molecule has 2 atom stereocenters. The predicted octanol–water partition coefficient (Wildman–Crippen LogP) is 5.07. The van der Waals surface area contributed by atoms with Crippen LogP contribution in [0.2, 0.25) is 0 Å². The summed E-state index contributed by atoms with van der Waals surface area (Å²) in [5, 5.41) is 12.1. The van der Waals surface area contributed by atoms with Crippen LogP contribution >= 0.6 is 0 Å². The minimum atomic E-state index is -1.14. The number of aliphatic carboxylic acids is 1. The van der Waals surface area contributed by atoms with Crippen molar-refractivity contribution >= 4 is 18.0 Å². The van der Waals surface area contributed by atoms with Crippen LogP contribution in [0.1, 0.15) is 43.4 Å². The number of carbonyl (C=O) groups is 3. The summed E-state index contributed by atoms with van der Waals surface area (Å²) in [5.74, 6) is -1.78. The Labute approximate surface area is 234 Å². The molecule has 4 rings (SSSR count). The van der Waals surface area contributed by atoms with Gasteiger partial charge in [-0.25, -0.2) is 4.79 Å². The topological polar surface area (TPSA) is 105 Å². The van der Waals surface area contributed by atoms with Gasteiger partial charge in [-0.2, -0.15) is 0 Å². The van der Waals surface area contributed by atoms with Gasteiger partial charge in [0.2, 0.25) is 5.91 Å². The van der Waals surface area contributed by atoms with Gasteiger partial charge in [-0.05, 0) is 40.7 Å². The highest BCUT2D eigenvalue weighted by atomic mass is 16.5. The lowest BCUT2D eigenvalue weighted by molar-refractivity contribution is -0.147. The van der Waals surface area contributed by atoms with Gasteiger partial charge in [0.15, 0.2) is 0 Å². The molecule has 1 aliphatic rings. The van der Waals surface area contributed by atoms with E-state index in [1.54, 1.807) is 6.92 Å². The van der Waals surface area contributed by atoms with Crippen molar-refractivity contribution in [1.82, 2.24) is 10.2 Å². The van der Waals surface area contributed by atoms with E-state index < -0.39 is 36.7 Å². The van der Waals surface area contributed by atoms with Crippen LogP contribution in [-0.2, 0) is 25.7 Å². The van der Waals surface area contributed by atoms with E-state index in [9.17, 15) is 19.5 Å². The zero-order chi connectivity index (χ0) is 28.6. The van der Waals surface area contributed by atoms with Gasteiger partial charge < -0.3 is 24.8 Å². The van der Waals surface area contributed by atoms with Crippen LogP contribution < -0.4 is 5.32 Å². The maximum absolute atomic E-state index is 13.6.